The monoisotopic (exact) mass is 346 g/mol. The maximum Gasteiger partial charge on any atom is 0.243 e. The normalized spacial score (nSPS) is 10.3. The van der Waals surface area contributed by atoms with Gasteiger partial charge in [-0.15, -0.1) is 0 Å². The minimum atomic E-state index is -0.135. The van der Waals surface area contributed by atoms with Crippen LogP contribution in [-0.4, -0.2) is 19.1 Å². The van der Waals surface area contributed by atoms with Crippen LogP contribution < -0.4 is 15.4 Å². The molecule has 0 heterocycles. The van der Waals surface area contributed by atoms with E-state index in [4.69, 9.17) is 16.3 Å². The number of nitrogens with one attached hydrogen (secondary N) is 2. The highest BCUT2D eigenvalue weighted by atomic mass is 35.5. The lowest BCUT2D eigenvalue weighted by atomic mass is 10.2. The third kappa shape index (κ3) is 5.46. The summed E-state index contributed by atoms with van der Waals surface area (Å²) < 4.78 is 5.75. The molecule has 0 spiro atoms. The standard InChI is InChI=1S/C19H23ClN2O2/c1-3-4-11-24-18-8-6-5-7-16(18)21-13-19(23)22-17-12-15(20)10-9-14(17)2/h5-10,12,21H,3-4,11,13H2,1-2H3,(H,22,23). The van der Waals surface area contributed by atoms with E-state index >= 15 is 0 Å². The lowest BCUT2D eigenvalue weighted by molar-refractivity contribution is -0.114. The highest BCUT2D eigenvalue weighted by Crippen LogP contribution is 2.24. The molecule has 24 heavy (non-hydrogen) atoms. The first-order chi connectivity index (χ1) is 11.6. The molecule has 0 aromatic heterocycles. The lowest BCUT2D eigenvalue weighted by Gasteiger charge is -2.13. The molecule has 0 atom stereocenters. The van der Waals surface area contributed by atoms with Gasteiger partial charge in [0.05, 0.1) is 18.8 Å². The summed E-state index contributed by atoms with van der Waals surface area (Å²) in [7, 11) is 0. The van der Waals surface area contributed by atoms with Crippen molar-refractivity contribution in [3.05, 3.63) is 53.1 Å². The molecule has 0 aliphatic carbocycles. The Morgan fingerprint density at radius 3 is 2.75 bits per heavy atom. The van der Waals surface area contributed by atoms with Crippen molar-refractivity contribution in [2.45, 2.75) is 26.7 Å². The summed E-state index contributed by atoms with van der Waals surface area (Å²) in [5, 5.41) is 6.59. The first kappa shape index (κ1) is 18.1. The van der Waals surface area contributed by atoms with Crippen molar-refractivity contribution in [2.75, 3.05) is 23.8 Å². The zero-order chi connectivity index (χ0) is 17.4. The van der Waals surface area contributed by atoms with Crippen LogP contribution in [0.25, 0.3) is 0 Å². The SMILES string of the molecule is CCCCOc1ccccc1NCC(=O)Nc1cc(Cl)ccc1C. The lowest BCUT2D eigenvalue weighted by Crippen LogP contribution is -2.22. The molecular weight excluding hydrogens is 324 g/mol. The molecule has 1 amide bonds. The molecule has 4 nitrogen and oxygen atoms in total. The number of rotatable bonds is 8. The smallest absolute Gasteiger partial charge is 0.243 e. The Balaban J connectivity index is 1.93. The number of unbranched alkanes of at least 4 members (excludes halogenated alkanes) is 1. The molecule has 0 radical (unpaired) electrons. The number of amides is 1. The van der Waals surface area contributed by atoms with Gasteiger partial charge in [0, 0.05) is 10.7 Å². The van der Waals surface area contributed by atoms with Crippen LogP contribution in [0.2, 0.25) is 5.02 Å². The van der Waals surface area contributed by atoms with Crippen molar-refractivity contribution in [1.29, 1.82) is 0 Å². The molecule has 0 unspecified atom stereocenters. The van der Waals surface area contributed by atoms with Gasteiger partial charge in [-0.1, -0.05) is 43.1 Å². The summed E-state index contributed by atoms with van der Waals surface area (Å²) in [6.07, 6.45) is 2.08. The molecule has 0 bridgehead atoms. The van der Waals surface area contributed by atoms with Gasteiger partial charge < -0.3 is 15.4 Å². The van der Waals surface area contributed by atoms with Crippen molar-refractivity contribution >= 4 is 28.9 Å². The summed E-state index contributed by atoms with van der Waals surface area (Å²) in [5.74, 6) is 0.626. The van der Waals surface area contributed by atoms with Crippen molar-refractivity contribution in [3.8, 4) is 5.75 Å². The summed E-state index contributed by atoms with van der Waals surface area (Å²) in [4.78, 5) is 12.2. The highest BCUT2D eigenvalue weighted by Gasteiger charge is 2.08. The van der Waals surface area contributed by atoms with E-state index in [1.807, 2.05) is 37.3 Å². The first-order valence-electron chi connectivity index (χ1n) is 8.12. The Labute approximate surface area is 148 Å². The van der Waals surface area contributed by atoms with Gasteiger partial charge in [-0.3, -0.25) is 4.79 Å². The maximum absolute atomic E-state index is 12.2. The largest absolute Gasteiger partial charge is 0.491 e. The van der Waals surface area contributed by atoms with Gasteiger partial charge in [-0.05, 0) is 43.2 Å². The second-order valence-electron chi connectivity index (χ2n) is 5.56. The summed E-state index contributed by atoms with van der Waals surface area (Å²) >= 11 is 5.97. The number of carbonyl (C=O) groups is 1. The Bertz CT molecular complexity index is 689. The van der Waals surface area contributed by atoms with E-state index in [9.17, 15) is 4.79 Å². The maximum atomic E-state index is 12.2. The molecule has 2 aromatic carbocycles. The topological polar surface area (TPSA) is 50.4 Å². The van der Waals surface area contributed by atoms with Gasteiger partial charge in [-0.25, -0.2) is 0 Å². The second-order valence-corrected chi connectivity index (χ2v) is 6.00. The van der Waals surface area contributed by atoms with E-state index in [0.29, 0.717) is 11.6 Å². The molecule has 2 rings (SSSR count). The molecule has 0 fully saturated rings. The van der Waals surface area contributed by atoms with Gasteiger partial charge in [-0.2, -0.15) is 0 Å². The Kier molecular flexibility index (Phi) is 6.94. The number of hydrogen-bond acceptors (Lipinski definition) is 3. The number of halogens is 1. The van der Waals surface area contributed by atoms with Crippen molar-refractivity contribution in [3.63, 3.8) is 0 Å². The third-order valence-electron chi connectivity index (χ3n) is 3.56. The van der Waals surface area contributed by atoms with Gasteiger partial charge in [0.2, 0.25) is 5.91 Å². The fourth-order valence-electron chi connectivity index (χ4n) is 2.16. The number of benzene rings is 2. The average Bonchev–Trinajstić information content (AvgIpc) is 2.57. The Morgan fingerprint density at radius 1 is 1.17 bits per heavy atom. The minimum absolute atomic E-state index is 0.135. The fraction of sp³-hybridized carbons (Fsp3) is 0.316. The second kappa shape index (κ2) is 9.18. The molecule has 0 aliphatic rings. The number of anilines is 2. The van der Waals surface area contributed by atoms with Crippen LogP contribution in [0.1, 0.15) is 25.3 Å². The molecule has 128 valence electrons. The van der Waals surface area contributed by atoms with E-state index in [2.05, 4.69) is 17.6 Å². The third-order valence-corrected chi connectivity index (χ3v) is 3.79. The number of para-hydroxylation sites is 2. The predicted molar refractivity (Wildman–Crippen MR) is 100 cm³/mol. The van der Waals surface area contributed by atoms with Crippen LogP contribution in [-0.2, 0) is 4.79 Å². The zero-order valence-corrected chi connectivity index (χ0v) is 14.8. The van der Waals surface area contributed by atoms with Crippen molar-refractivity contribution < 1.29 is 9.53 Å². The first-order valence-corrected chi connectivity index (χ1v) is 8.49. The quantitative estimate of drug-likeness (QED) is 0.670. The van der Waals surface area contributed by atoms with Crippen LogP contribution in [0, 0.1) is 6.92 Å². The van der Waals surface area contributed by atoms with E-state index < -0.39 is 0 Å². The van der Waals surface area contributed by atoms with Crippen LogP contribution >= 0.6 is 11.6 Å². The minimum Gasteiger partial charge on any atom is -0.491 e. The van der Waals surface area contributed by atoms with E-state index in [1.165, 1.54) is 0 Å². The molecule has 5 heteroatoms. The zero-order valence-electron chi connectivity index (χ0n) is 14.1. The van der Waals surface area contributed by atoms with Gasteiger partial charge in [0.15, 0.2) is 0 Å². The van der Waals surface area contributed by atoms with Crippen molar-refractivity contribution in [2.24, 2.45) is 0 Å². The summed E-state index contributed by atoms with van der Waals surface area (Å²) in [6, 6.07) is 13.1. The average molecular weight is 347 g/mol. The molecule has 2 aromatic rings. The van der Waals surface area contributed by atoms with Gasteiger partial charge >= 0.3 is 0 Å². The molecule has 0 aliphatic heterocycles. The van der Waals surface area contributed by atoms with E-state index in [0.717, 1.165) is 35.5 Å². The van der Waals surface area contributed by atoms with Crippen LogP contribution in [0.15, 0.2) is 42.5 Å². The number of aryl methyl sites for hydroxylation is 1. The van der Waals surface area contributed by atoms with E-state index in [-0.39, 0.29) is 12.5 Å². The molecular formula is C19H23ClN2O2. The number of ether oxygens (including phenoxy) is 1. The van der Waals surface area contributed by atoms with E-state index in [1.54, 1.807) is 12.1 Å². The van der Waals surface area contributed by atoms with Gasteiger partial charge in [0.1, 0.15) is 5.75 Å². The number of hydrogen-bond donors (Lipinski definition) is 2. The molecule has 0 saturated heterocycles. The number of carbonyl (C=O) groups excluding carboxylic acids is 1. The summed E-state index contributed by atoms with van der Waals surface area (Å²) in [6.45, 7) is 4.87. The molecule has 2 N–H and O–H groups in total. The summed E-state index contributed by atoms with van der Waals surface area (Å²) in [5.41, 5.74) is 2.50. The Hall–Kier alpha value is -2.20. The predicted octanol–water partition coefficient (Wildman–Crippen LogP) is 4.88. The van der Waals surface area contributed by atoms with Gasteiger partial charge in [0.25, 0.3) is 0 Å². The van der Waals surface area contributed by atoms with Crippen LogP contribution in [0.4, 0.5) is 11.4 Å². The van der Waals surface area contributed by atoms with Crippen molar-refractivity contribution in [1.82, 2.24) is 0 Å². The highest BCUT2D eigenvalue weighted by molar-refractivity contribution is 6.31. The fourth-order valence-corrected chi connectivity index (χ4v) is 2.34. The Morgan fingerprint density at radius 2 is 1.96 bits per heavy atom. The molecule has 0 saturated carbocycles. The van der Waals surface area contributed by atoms with Crippen LogP contribution in [0.3, 0.4) is 0 Å². The van der Waals surface area contributed by atoms with Crippen LogP contribution in [0.5, 0.6) is 5.75 Å².